The summed E-state index contributed by atoms with van der Waals surface area (Å²) in [7, 11) is 0. The highest BCUT2D eigenvalue weighted by molar-refractivity contribution is 5.79. The fourth-order valence-corrected chi connectivity index (χ4v) is 1.98. The molecule has 0 aliphatic heterocycles. The zero-order valence-corrected chi connectivity index (χ0v) is 9.08. The van der Waals surface area contributed by atoms with Crippen LogP contribution in [0.25, 0.3) is 0 Å². The summed E-state index contributed by atoms with van der Waals surface area (Å²) in [5.41, 5.74) is 0. The Labute approximate surface area is 89.9 Å². The van der Waals surface area contributed by atoms with Crippen LogP contribution in [-0.2, 0) is 4.79 Å². The van der Waals surface area contributed by atoms with Gasteiger partial charge in [0.1, 0.15) is 11.5 Å². The number of nitrogens with one attached hydrogen (secondary N) is 1. The Morgan fingerprint density at radius 1 is 1.40 bits per heavy atom. The second kappa shape index (κ2) is 4.51. The van der Waals surface area contributed by atoms with Gasteiger partial charge in [0.25, 0.3) is 0 Å². The summed E-state index contributed by atoms with van der Waals surface area (Å²) >= 11 is 0. The van der Waals surface area contributed by atoms with Gasteiger partial charge in [-0.25, -0.2) is 0 Å². The molecule has 1 heterocycles. The Balaban J connectivity index is 1.76. The average Bonchev–Trinajstić information content (AvgIpc) is 2.64. The molecule has 1 aromatic heterocycles. The van der Waals surface area contributed by atoms with Crippen LogP contribution in [0.15, 0.2) is 16.5 Å². The van der Waals surface area contributed by atoms with Gasteiger partial charge in [-0.1, -0.05) is 0 Å². The van der Waals surface area contributed by atoms with E-state index in [1.54, 1.807) is 0 Å². The molecule has 0 atom stereocenters. The lowest BCUT2D eigenvalue weighted by Crippen LogP contribution is -2.20. The maximum absolute atomic E-state index is 11.0. The van der Waals surface area contributed by atoms with E-state index in [9.17, 15) is 4.79 Å². The molecule has 0 amide bonds. The molecule has 0 saturated heterocycles. The number of anilines is 1. The molecule has 1 N–H and O–H groups in total. The largest absolute Gasteiger partial charge is 0.446 e. The van der Waals surface area contributed by atoms with Crippen LogP contribution in [0.4, 0.5) is 5.88 Å². The van der Waals surface area contributed by atoms with Gasteiger partial charge in [0.05, 0.1) is 0 Å². The van der Waals surface area contributed by atoms with Gasteiger partial charge in [-0.15, -0.1) is 0 Å². The zero-order valence-electron chi connectivity index (χ0n) is 9.08. The van der Waals surface area contributed by atoms with E-state index in [0.29, 0.717) is 11.7 Å². The van der Waals surface area contributed by atoms with Crippen molar-refractivity contribution >= 4 is 11.7 Å². The third kappa shape index (κ3) is 2.85. The van der Waals surface area contributed by atoms with Gasteiger partial charge in [-0.05, 0) is 31.7 Å². The summed E-state index contributed by atoms with van der Waals surface area (Å²) in [6.45, 7) is 2.85. The molecule has 1 aliphatic rings. The van der Waals surface area contributed by atoms with Crippen LogP contribution in [0.2, 0.25) is 0 Å². The molecule has 82 valence electrons. The first-order valence-corrected chi connectivity index (χ1v) is 5.56. The van der Waals surface area contributed by atoms with E-state index in [4.69, 9.17) is 4.42 Å². The van der Waals surface area contributed by atoms with Crippen molar-refractivity contribution in [2.45, 2.75) is 32.6 Å². The molecule has 0 aromatic carbocycles. The van der Waals surface area contributed by atoms with Gasteiger partial charge in [0.15, 0.2) is 5.88 Å². The minimum Gasteiger partial charge on any atom is -0.446 e. The van der Waals surface area contributed by atoms with Crippen molar-refractivity contribution in [1.82, 2.24) is 0 Å². The van der Waals surface area contributed by atoms with E-state index >= 15 is 0 Å². The van der Waals surface area contributed by atoms with Crippen molar-refractivity contribution in [2.24, 2.45) is 5.92 Å². The summed E-state index contributed by atoms with van der Waals surface area (Å²) in [5, 5.41) is 3.27. The first-order valence-electron chi connectivity index (χ1n) is 5.56. The minimum atomic E-state index is 0.417. The minimum absolute atomic E-state index is 0.417. The van der Waals surface area contributed by atoms with Gasteiger partial charge in [-0.3, -0.25) is 4.79 Å². The van der Waals surface area contributed by atoms with Gasteiger partial charge in [-0.2, -0.15) is 0 Å². The average molecular weight is 207 g/mol. The third-order valence-corrected chi connectivity index (χ3v) is 2.97. The first-order chi connectivity index (χ1) is 7.24. The van der Waals surface area contributed by atoms with E-state index in [1.807, 2.05) is 19.1 Å². The highest BCUT2D eigenvalue weighted by atomic mass is 16.4. The van der Waals surface area contributed by atoms with Crippen LogP contribution >= 0.6 is 0 Å². The predicted octanol–water partition coefficient (Wildman–Crippen LogP) is 2.76. The van der Waals surface area contributed by atoms with E-state index in [2.05, 4.69) is 5.32 Å². The molecule has 2 rings (SSSR count). The van der Waals surface area contributed by atoms with Crippen molar-refractivity contribution in [3.8, 4) is 0 Å². The molecule has 15 heavy (non-hydrogen) atoms. The van der Waals surface area contributed by atoms with E-state index < -0.39 is 0 Å². The van der Waals surface area contributed by atoms with Crippen LogP contribution in [-0.4, -0.2) is 12.3 Å². The predicted molar refractivity (Wildman–Crippen MR) is 58.9 cm³/mol. The van der Waals surface area contributed by atoms with Crippen LogP contribution in [0.3, 0.4) is 0 Å². The van der Waals surface area contributed by atoms with Crippen molar-refractivity contribution in [1.29, 1.82) is 0 Å². The molecule has 0 unspecified atom stereocenters. The standard InChI is InChI=1S/C12H17NO2/c1-9-2-7-12(15-9)13-8-10-3-5-11(14)6-4-10/h2,7,10,13H,3-6,8H2,1H3. The Morgan fingerprint density at radius 3 is 2.73 bits per heavy atom. The molecule has 0 spiro atoms. The topological polar surface area (TPSA) is 42.2 Å². The number of rotatable bonds is 3. The summed E-state index contributed by atoms with van der Waals surface area (Å²) < 4.78 is 5.42. The third-order valence-electron chi connectivity index (χ3n) is 2.97. The van der Waals surface area contributed by atoms with Gasteiger partial charge in [0.2, 0.25) is 0 Å². The molecule has 3 nitrogen and oxygen atoms in total. The molecular formula is C12H17NO2. The van der Waals surface area contributed by atoms with Crippen molar-refractivity contribution in [2.75, 3.05) is 11.9 Å². The van der Waals surface area contributed by atoms with Gasteiger partial charge in [0, 0.05) is 25.5 Å². The summed E-state index contributed by atoms with van der Waals surface area (Å²) in [4.78, 5) is 11.0. The molecule has 0 bridgehead atoms. The van der Waals surface area contributed by atoms with Crippen LogP contribution in [0, 0.1) is 12.8 Å². The lowest BCUT2D eigenvalue weighted by Gasteiger charge is -2.20. The number of hydrogen-bond acceptors (Lipinski definition) is 3. The second-order valence-electron chi connectivity index (χ2n) is 4.27. The zero-order chi connectivity index (χ0) is 10.7. The summed E-state index contributed by atoms with van der Waals surface area (Å²) in [5.74, 6) is 2.80. The number of carbonyl (C=O) groups excluding carboxylic acids is 1. The number of aryl methyl sites for hydroxylation is 1. The molecule has 1 aliphatic carbocycles. The van der Waals surface area contributed by atoms with Crippen molar-refractivity contribution in [3.63, 3.8) is 0 Å². The number of Topliss-reactive ketones (excluding diaryl/α,β-unsaturated/α-hetero) is 1. The lowest BCUT2D eigenvalue weighted by molar-refractivity contribution is -0.120. The maximum Gasteiger partial charge on any atom is 0.193 e. The van der Waals surface area contributed by atoms with Crippen LogP contribution < -0.4 is 5.32 Å². The SMILES string of the molecule is Cc1ccc(NCC2CCC(=O)CC2)o1. The summed E-state index contributed by atoms with van der Waals surface area (Å²) in [6.07, 6.45) is 3.55. The molecule has 3 heteroatoms. The monoisotopic (exact) mass is 207 g/mol. The molecule has 0 radical (unpaired) electrons. The quantitative estimate of drug-likeness (QED) is 0.828. The molecule has 1 aromatic rings. The number of ketones is 1. The first kappa shape index (κ1) is 10.3. The second-order valence-corrected chi connectivity index (χ2v) is 4.27. The maximum atomic E-state index is 11.0. The Hall–Kier alpha value is -1.25. The Morgan fingerprint density at radius 2 is 2.13 bits per heavy atom. The Bertz CT molecular complexity index is 333. The highest BCUT2D eigenvalue weighted by Crippen LogP contribution is 2.22. The molecule has 1 fully saturated rings. The van der Waals surface area contributed by atoms with Crippen molar-refractivity contribution in [3.05, 3.63) is 17.9 Å². The fraction of sp³-hybridized carbons (Fsp3) is 0.583. The van der Waals surface area contributed by atoms with E-state index in [-0.39, 0.29) is 0 Å². The lowest BCUT2D eigenvalue weighted by atomic mass is 9.88. The van der Waals surface area contributed by atoms with Crippen LogP contribution in [0.5, 0.6) is 0 Å². The molecular weight excluding hydrogens is 190 g/mol. The highest BCUT2D eigenvalue weighted by Gasteiger charge is 2.18. The van der Waals surface area contributed by atoms with E-state index in [1.165, 1.54) is 0 Å². The van der Waals surface area contributed by atoms with E-state index in [0.717, 1.165) is 43.9 Å². The smallest absolute Gasteiger partial charge is 0.193 e. The van der Waals surface area contributed by atoms with Crippen LogP contribution in [0.1, 0.15) is 31.4 Å². The number of carbonyl (C=O) groups is 1. The Kier molecular flexibility index (Phi) is 3.09. The normalized spacial score (nSPS) is 18.1. The van der Waals surface area contributed by atoms with Gasteiger partial charge < -0.3 is 9.73 Å². The van der Waals surface area contributed by atoms with Crippen molar-refractivity contribution < 1.29 is 9.21 Å². The summed E-state index contributed by atoms with van der Waals surface area (Å²) in [6, 6.07) is 3.90. The number of furan rings is 1. The number of hydrogen-bond donors (Lipinski definition) is 1. The van der Waals surface area contributed by atoms with Gasteiger partial charge >= 0.3 is 0 Å². The molecule has 1 saturated carbocycles. The fourth-order valence-electron chi connectivity index (χ4n) is 1.98.